The molecule has 2 aromatic heterocycles. The Kier molecular flexibility index (Phi) is 4.54. The number of hydrogen-bond donors (Lipinski definition) is 2. The van der Waals surface area contributed by atoms with Crippen molar-refractivity contribution in [2.45, 2.75) is 27.2 Å². The Balaban J connectivity index is 2.00. The van der Waals surface area contributed by atoms with Gasteiger partial charge in [0, 0.05) is 29.4 Å². The summed E-state index contributed by atoms with van der Waals surface area (Å²) in [6.45, 7) is 7.86. The maximum Gasteiger partial charge on any atom is 0.199 e. The summed E-state index contributed by atoms with van der Waals surface area (Å²) in [6, 6.07) is 15.3. The molecule has 0 unspecified atom stereocenters. The van der Waals surface area contributed by atoms with Crippen molar-refractivity contribution in [1.29, 1.82) is 0 Å². The molecule has 3 aromatic carbocycles. The zero-order chi connectivity index (χ0) is 21.7. The Hall–Kier alpha value is -3.60. The third kappa shape index (κ3) is 2.76. The molecule has 0 fully saturated rings. The van der Waals surface area contributed by atoms with Gasteiger partial charge in [0.15, 0.2) is 10.9 Å². The molecule has 5 rings (SSSR count). The van der Waals surface area contributed by atoms with E-state index in [1.807, 2.05) is 55.5 Å². The molecule has 0 spiro atoms. The average molecular weight is 412 g/mol. The zero-order valence-electron chi connectivity index (χ0n) is 18.0. The van der Waals surface area contributed by atoms with E-state index in [2.05, 4.69) is 28.7 Å². The average Bonchev–Trinajstić information content (AvgIpc) is 2.79. The normalized spacial score (nSPS) is 11.7. The fraction of sp³-hybridized carbons (Fsp3) is 0.231. The van der Waals surface area contributed by atoms with Gasteiger partial charge >= 0.3 is 0 Å². The van der Waals surface area contributed by atoms with Gasteiger partial charge < -0.3 is 14.9 Å². The number of fused-ring (bicyclic) bond motifs is 4. The van der Waals surface area contributed by atoms with Crippen LogP contribution in [-0.2, 0) is 6.42 Å². The number of H-pyrrole nitrogens is 2. The third-order valence-electron chi connectivity index (χ3n) is 6.33. The van der Waals surface area contributed by atoms with Crippen molar-refractivity contribution in [2.75, 3.05) is 18.0 Å². The highest BCUT2D eigenvalue weighted by molar-refractivity contribution is 6.07. The molecule has 0 saturated heterocycles. The maximum absolute atomic E-state index is 13.8. The second kappa shape index (κ2) is 7.27. The van der Waals surface area contributed by atoms with Gasteiger partial charge in [0.25, 0.3) is 0 Å². The summed E-state index contributed by atoms with van der Waals surface area (Å²) in [7, 11) is 0. The number of aryl methyl sites for hydroxylation is 1. The second-order valence-electron chi connectivity index (χ2n) is 7.88. The Morgan fingerprint density at radius 1 is 0.742 bits per heavy atom. The highest BCUT2D eigenvalue weighted by atomic mass is 16.1. The third-order valence-corrected chi connectivity index (χ3v) is 6.33. The minimum Gasteiger partial charge on any atom is -0.371 e. The number of rotatable bonds is 4. The smallest absolute Gasteiger partial charge is 0.199 e. The summed E-state index contributed by atoms with van der Waals surface area (Å²) in [6.07, 6.45) is 0.645. The van der Waals surface area contributed by atoms with Crippen LogP contribution in [0.4, 0.5) is 5.69 Å². The molecule has 5 aromatic rings. The van der Waals surface area contributed by atoms with Crippen molar-refractivity contribution < 1.29 is 0 Å². The lowest BCUT2D eigenvalue weighted by atomic mass is 9.97. The molecule has 0 aliphatic heterocycles. The van der Waals surface area contributed by atoms with Crippen LogP contribution < -0.4 is 15.8 Å². The number of aromatic nitrogens is 2. The number of nitrogens with zero attached hydrogens (tertiary/aromatic N) is 1. The molecule has 0 saturated carbocycles. The van der Waals surface area contributed by atoms with Crippen LogP contribution in [0.1, 0.15) is 26.3 Å². The van der Waals surface area contributed by atoms with Crippen molar-refractivity contribution in [3.63, 3.8) is 0 Å². The quantitative estimate of drug-likeness (QED) is 0.405. The number of nitrogens with one attached hydrogen (secondary N) is 2. The molecule has 0 aliphatic carbocycles. The molecule has 31 heavy (non-hydrogen) atoms. The van der Waals surface area contributed by atoms with Crippen LogP contribution in [0.2, 0.25) is 0 Å². The Bertz CT molecular complexity index is 1590. The van der Waals surface area contributed by atoms with Gasteiger partial charge in [-0.1, -0.05) is 25.1 Å². The highest BCUT2D eigenvalue weighted by Gasteiger charge is 2.18. The number of hydrogen-bond acceptors (Lipinski definition) is 3. The lowest BCUT2D eigenvalue weighted by Gasteiger charge is -2.23. The van der Waals surface area contributed by atoms with E-state index >= 15 is 0 Å². The van der Waals surface area contributed by atoms with Crippen LogP contribution in [0.3, 0.4) is 0 Å². The topological polar surface area (TPSA) is 69.0 Å². The largest absolute Gasteiger partial charge is 0.371 e. The standard InChI is InChI=1S/C26H25N3O2/c1-4-15-22-20(27-18-11-8-7-10-16(18)25(22)30)14-17-24(15)28-19-12-9-13-21(23(19)26(17)31)29(5-2)6-3/h7-14H,4-6H2,1-3H3,(H,27,30)(H,28,31). The Labute approximate surface area is 179 Å². The predicted molar refractivity (Wildman–Crippen MR) is 131 cm³/mol. The van der Waals surface area contributed by atoms with Gasteiger partial charge in [-0.2, -0.15) is 0 Å². The summed E-state index contributed by atoms with van der Waals surface area (Å²) in [5.74, 6) is 0. The molecular formula is C26H25N3O2. The van der Waals surface area contributed by atoms with E-state index in [0.717, 1.165) is 40.9 Å². The molecule has 156 valence electrons. The first-order chi connectivity index (χ1) is 15.1. The summed E-state index contributed by atoms with van der Waals surface area (Å²) >= 11 is 0. The van der Waals surface area contributed by atoms with Gasteiger partial charge in [-0.15, -0.1) is 0 Å². The number of benzene rings is 3. The molecule has 2 N–H and O–H groups in total. The second-order valence-corrected chi connectivity index (χ2v) is 7.88. The van der Waals surface area contributed by atoms with Gasteiger partial charge in [-0.05, 0) is 56.2 Å². The van der Waals surface area contributed by atoms with Gasteiger partial charge in [-0.25, -0.2) is 0 Å². The summed E-state index contributed by atoms with van der Waals surface area (Å²) in [5, 5.41) is 2.63. The molecule has 0 atom stereocenters. The lowest BCUT2D eigenvalue weighted by molar-refractivity contribution is 0.870. The number of para-hydroxylation sites is 1. The maximum atomic E-state index is 13.8. The van der Waals surface area contributed by atoms with Crippen molar-refractivity contribution >= 4 is 49.3 Å². The van der Waals surface area contributed by atoms with E-state index < -0.39 is 0 Å². The first kappa shape index (κ1) is 19.4. The molecule has 5 nitrogen and oxygen atoms in total. The van der Waals surface area contributed by atoms with Gasteiger partial charge in [0.05, 0.1) is 33.0 Å². The fourth-order valence-corrected chi connectivity index (χ4v) is 4.82. The highest BCUT2D eigenvalue weighted by Crippen LogP contribution is 2.29. The van der Waals surface area contributed by atoms with E-state index in [9.17, 15) is 9.59 Å². The Morgan fingerprint density at radius 3 is 2.19 bits per heavy atom. The van der Waals surface area contributed by atoms with Crippen LogP contribution in [0, 0.1) is 0 Å². The first-order valence-electron chi connectivity index (χ1n) is 10.9. The minimum atomic E-state index is -0.00291. The Morgan fingerprint density at radius 2 is 1.45 bits per heavy atom. The van der Waals surface area contributed by atoms with E-state index in [1.165, 1.54) is 0 Å². The van der Waals surface area contributed by atoms with Crippen molar-refractivity contribution in [1.82, 2.24) is 9.97 Å². The SMILES string of the molecule is CCc1c2[nH]c3cccc(N(CC)CC)c3c(=O)c2cc2[nH]c3ccccc3c(=O)c12. The van der Waals surface area contributed by atoms with E-state index in [4.69, 9.17) is 0 Å². The van der Waals surface area contributed by atoms with Crippen LogP contribution in [0.15, 0.2) is 58.1 Å². The van der Waals surface area contributed by atoms with Crippen LogP contribution in [0.25, 0.3) is 43.6 Å². The summed E-state index contributed by atoms with van der Waals surface area (Å²) < 4.78 is 0. The number of aromatic amines is 2. The van der Waals surface area contributed by atoms with E-state index in [0.29, 0.717) is 33.5 Å². The van der Waals surface area contributed by atoms with Crippen LogP contribution >= 0.6 is 0 Å². The van der Waals surface area contributed by atoms with Gasteiger partial charge in [0.2, 0.25) is 0 Å². The first-order valence-corrected chi connectivity index (χ1v) is 10.9. The fourth-order valence-electron chi connectivity index (χ4n) is 4.82. The number of anilines is 1. The monoisotopic (exact) mass is 411 g/mol. The van der Waals surface area contributed by atoms with Crippen molar-refractivity contribution in [2.24, 2.45) is 0 Å². The molecule has 2 heterocycles. The molecule has 0 amide bonds. The van der Waals surface area contributed by atoms with E-state index in [1.54, 1.807) is 0 Å². The summed E-state index contributed by atoms with van der Waals surface area (Å²) in [4.78, 5) is 36.2. The molecule has 5 heteroatoms. The van der Waals surface area contributed by atoms with Crippen molar-refractivity contribution in [3.05, 3.63) is 74.5 Å². The lowest BCUT2D eigenvalue weighted by Crippen LogP contribution is -2.23. The van der Waals surface area contributed by atoms with Crippen LogP contribution in [-0.4, -0.2) is 23.1 Å². The van der Waals surface area contributed by atoms with Crippen LogP contribution in [0.5, 0.6) is 0 Å². The van der Waals surface area contributed by atoms with Crippen molar-refractivity contribution in [3.8, 4) is 0 Å². The number of pyridine rings is 2. The summed E-state index contributed by atoms with van der Waals surface area (Å²) in [5.41, 5.74) is 4.86. The zero-order valence-corrected chi connectivity index (χ0v) is 18.0. The molecule has 0 aliphatic rings. The molecule has 0 radical (unpaired) electrons. The molecular weight excluding hydrogens is 386 g/mol. The molecule has 0 bridgehead atoms. The van der Waals surface area contributed by atoms with E-state index in [-0.39, 0.29) is 10.9 Å². The van der Waals surface area contributed by atoms with Gasteiger partial charge in [-0.3, -0.25) is 9.59 Å². The minimum absolute atomic E-state index is 0.000868. The predicted octanol–water partition coefficient (Wildman–Crippen LogP) is 5.08. The van der Waals surface area contributed by atoms with Gasteiger partial charge in [0.1, 0.15) is 0 Å².